The van der Waals surface area contributed by atoms with Gasteiger partial charge in [-0.1, -0.05) is 11.6 Å². The van der Waals surface area contributed by atoms with Crippen molar-refractivity contribution in [2.75, 3.05) is 5.32 Å². The zero-order valence-corrected chi connectivity index (χ0v) is 13.8. The van der Waals surface area contributed by atoms with Crippen LogP contribution in [0.1, 0.15) is 17.8 Å². The van der Waals surface area contributed by atoms with Crippen LogP contribution in [0.3, 0.4) is 0 Å². The van der Waals surface area contributed by atoms with Crippen molar-refractivity contribution < 1.29 is 0 Å². The van der Waals surface area contributed by atoms with Crippen LogP contribution in [0.5, 0.6) is 0 Å². The Morgan fingerprint density at radius 2 is 2.00 bits per heavy atom. The quantitative estimate of drug-likeness (QED) is 0.662. The average molecular weight is 396 g/mol. The van der Waals surface area contributed by atoms with E-state index in [0.29, 0.717) is 0 Å². The van der Waals surface area contributed by atoms with Crippen LogP contribution in [0.25, 0.3) is 0 Å². The molecule has 0 amide bonds. The number of hydrogen-bond acceptors (Lipinski definition) is 2. The minimum atomic E-state index is 0.251. The molecule has 0 fully saturated rings. The van der Waals surface area contributed by atoms with Gasteiger partial charge in [-0.2, -0.15) is 0 Å². The Morgan fingerprint density at radius 1 is 1.24 bits per heavy atom. The molecule has 1 N–H and O–H groups in total. The highest BCUT2D eigenvalue weighted by molar-refractivity contribution is 9.11. The highest BCUT2D eigenvalue weighted by atomic mass is 79.9. The van der Waals surface area contributed by atoms with E-state index in [2.05, 4.69) is 56.2 Å². The van der Waals surface area contributed by atoms with Crippen molar-refractivity contribution in [1.29, 1.82) is 0 Å². The standard InChI is InChI=1S/C12H10Br2ClNS/c1-7(11-4-5-12(14)17-11)16-10-6-8(15)2-3-9(10)13/h2-7,16H,1H3. The lowest BCUT2D eigenvalue weighted by molar-refractivity contribution is 0.907. The maximum Gasteiger partial charge on any atom is 0.0702 e. The van der Waals surface area contributed by atoms with Crippen LogP contribution < -0.4 is 5.32 Å². The molecule has 0 aliphatic carbocycles. The highest BCUT2D eigenvalue weighted by Gasteiger charge is 2.10. The van der Waals surface area contributed by atoms with E-state index >= 15 is 0 Å². The van der Waals surface area contributed by atoms with Crippen molar-refractivity contribution in [2.24, 2.45) is 0 Å². The normalized spacial score (nSPS) is 12.5. The second-order valence-electron chi connectivity index (χ2n) is 3.63. The van der Waals surface area contributed by atoms with Gasteiger partial charge in [-0.25, -0.2) is 0 Å². The first-order valence-electron chi connectivity index (χ1n) is 5.03. The zero-order valence-electron chi connectivity index (χ0n) is 9.01. The van der Waals surface area contributed by atoms with Gasteiger partial charge in [0, 0.05) is 14.4 Å². The molecule has 1 heterocycles. The van der Waals surface area contributed by atoms with Gasteiger partial charge in [0.1, 0.15) is 0 Å². The molecule has 0 aliphatic heterocycles. The Hall–Kier alpha value is -0.0300. The summed E-state index contributed by atoms with van der Waals surface area (Å²) in [6.07, 6.45) is 0. The van der Waals surface area contributed by atoms with Crippen molar-refractivity contribution in [2.45, 2.75) is 13.0 Å². The SMILES string of the molecule is CC(Nc1cc(Cl)ccc1Br)c1ccc(Br)s1. The summed E-state index contributed by atoms with van der Waals surface area (Å²) in [6.45, 7) is 2.13. The lowest BCUT2D eigenvalue weighted by atomic mass is 10.2. The summed E-state index contributed by atoms with van der Waals surface area (Å²) in [6, 6.07) is 10.2. The molecule has 5 heteroatoms. The minimum absolute atomic E-state index is 0.251. The first kappa shape index (κ1) is 13.4. The number of halogens is 3. The maximum absolute atomic E-state index is 5.98. The molecule has 0 saturated heterocycles. The third kappa shape index (κ3) is 3.47. The molecule has 0 saturated carbocycles. The lowest BCUT2D eigenvalue weighted by Gasteiger charge is -2.15. The molecule has 0 bridgehead atoms. The van der Waals surface area contributed by atoms with E-state index in [1.807, 2.05) is 18.2 Å². The van der Waals surface area contributed by atoms with Gasteiger partial charge < -0.3 is 5.32 Å². The van der Waals surface area contributed by atoms with Gasteiger partial charge in [0.2, 0.25) is 0 Å². The van der Waals surface area contributed by atoms with E-state index in [4.69, 9.17) is 11.6 Å². The summed E-state index contributed by atoms with van der Waals surface area (Å²) in [5.74, 6) is 0. The molecule has 17 heavy (non-hydrogen) atoms. The van der Waals surface area contributed by atoms with Gasteiger partial charge in [-0.05, 0) is 69.1 Å². The number of hydrogen-bond donors (Lipinski definition) is 1. The van der Waals surface area contributed by atoms with Crippen molar-refractivity contribution in [3.05, 3.63) is 48.5 Å². The fraction of sp³-hybridized carbons (Fsp3) is 0.167. The number of benzene rings is 1. The van der Waals surface area contributed by atoms with Crippen molar-refractivity contribution in [3.63, 3.8) is 0 Å². The molecule has 2 rings (SSSR count). The predicted octanol–water partition coefficient (Wildman–Crippen LogP) is 6.10. The minimum Gasteiger partial charge on any atom is -0.377 e. The summed E-state index contributed by atoms with van der Waals surface area (Å²) in [4.78, 5) is 1.28. The third-order valence-corrected chi connectivity index (χ3v) is 5.05. The second kappa shape index (κ2) is 5.74. The van der Waals surface area contributed by atoms with Crippen LogP contribution in [-0.2, 0) is 0 Å². The molecule has 0 radical (unpaired) electrons. The van der Waals surface area contributed by atoms with Crippen molar-refractivity contribution in [1.82, 2.24) is 0 Å². The molecule has 1 aromatic carbocycles. The van der Waals surface area contributed by atoms with E-state index in [1.54, 1.807) is 11.3 Å². The molecule has 1 atom stereocenters. The number of anilines is 1. The molecule has 0 aliphatic rings. The van der Waals surface area contributed by atoms with E-state index in [0.717, 1.165) is 19.0 Å². The number of nitrogens with one attached hydrogen (secondary N) is 1. The van der Waals surface area contributed by atoms with Gasteiger partial charge in [0.05, 0.1) is 15.5 Å². The summed E-state index contributed by atoms with van der Waals surface area (Å²) in [7, 11) is 0. The van der Waals surface area contributed by atoms with Gasteiger partial charge in [0.25, 0.3) is 0 Å². The van der Waals surface area contributed by atoms with Crippen molar-refractivity contribution in [3.8, 4) is 0 Å². The first-order valence-corrected chi connectivity index (χ1v) is 7.81. The summed E-state index contributed by atoms with van der Waals surface area (Å²) in [5.41, 5.74) is 1.01. The van der Waals surface area contributed by atoms with Gasteiger partial charge in [-0.15, -0.1) is 11.3 Å². The molecular weight excluding hydrogens is 385 g/mol. The summed E-state index contributed by atoms with van der Waals surface area (Å²) >= 11 is 14.7. The molecular formula is C12H10Br2ClNS. The lowest BCUT2D eigenvalue weighted by Crippen LogP contribution is -2.05. The fourth-order valence-electron chi connectivity index (χ4n) is 1.47. The van der Waals surface area contributed by atoms with E-state index in [1.165, 1.54) is 4.88 Å². The Kier molecular flexibility index (Phi) is 4.53. The zero-order chi connectivity index (χ0) is 12.4. The molecule has 1 aromatic heterocycles. The van der Waals surface area contributed by atoms with Crippen LogP contribution in [-0.4, -0.2) is 0 Å². The van der Waals surface area contributed by atoms with Gasteiger partial charge in [-0.3, -0.25) is 0 Å². The van der Waals surface area contributed by atoms with Crippen LogP contribution in [0.2, 0.25) is 5.02 Å². The van der Waals surface area contributed by atoms with Gasteiger partial charge in [0.15, 0.2) is 0 Å². The summed E-state index contributed by atoms with van der Waals surface area (Å²) < 4.78 is 2.16. The van der Waals surface area contributed by atoms with E-state index in [-0.39, 0.29) is 6.04 Å². The Labute approximate surface area is 126 Å². The fourth-order valence-corrected chi connectivity index (χ4v) is 3.43. The van der Waals surface area contributed by atoms with Crippen LogP contribution in [0.4, 0.5) is 5.69 Å². The van der Waals surface area contributed by atoms with Crippen LogP contribution in [0, 0.1) is 0 Å². The smallest absolute Gasteiger partial charge is 0.0702 e. The average Bonchev–Trinajstić information content (AvgIpc) is 2.70. The molecule has 1 unspecified atom stereocenters. The highest BCUT2D eigenvalue weighted by Crippen LogP contribution is 2.32. The molecule has 90 valence electrons. The van der Waals surface area contributed by atoms with Crippen LogP contribution >= 0.6 is 54.8 Å². The molecule has 0 spiro atoms. The topological polar surface area (TPSA) is 12.0 Å². The summed E-state index contributed by atoms with van der Waals surface area (Å²) in [5, 5.41) is 4.17. The maximum atomic E-state index is 5.98. The van der Waals surface area contributed by atoms with Gasteiger partial charge >= 0.3 is 0 Å². The first-order chi connectivity index (χ1) is 8.06. The van der Waals surface area contributed by atoms with E-state index in [9.17, 15) is 0 Å². The molecule has 1 nitrogen and oxygen atoms in total. The molecule has 2 aromatic rings. The Balaban J connectivity index is 2.18. The second-order valence-corrected chi connectivity index (χ2v) is 7.42. The largest absolute Gasteiger partial charge is 0.377 e. The Bertz CT molecular complexity index is 527. The third-order valence-electron chi connectivity index (χ3n) is 2.32. The van der Waals surface area contributed by atoms with E-state index < -0.39 is 0 Å². The monoisotopic (exact) mass is 393 g/mol. The number of thiophene rings is 1. The Morgan fingerprint density at radius 3 is 2.65 bits per heavy atom. The number of rotatable bonds is 3. The predicted molar refractivity (Wildman–Crippen MR) is 83.2 cm³/mol. The van der Waals surface area contributed by atoms with Crippen LogP contribution in [0.15, 0.2) is 38.6 Å². The van der Waals surface area contributed by atoms with Crippen molar-refractivity contribution >= 4 is 60.5 Å².